The molecule has 0 aliphatic heterocycles. The van der Waals surface area contributed by atoms with Crippen molar-refractivity contribution < 1.29 is 0 Å². The van der Waals surface area contributed by atoms with Crippen molar-refractivity contribution in [1.29, 1.82) is 0 Å². The Kier molecular flexibility index (Phi) is 2.68. The molecule has 0 aliphatic rings. The van der Waals surface area contributed by atoms with Crippen LogP contribution in [0.1, 0.15) is 0 Å². The first-order valence-electron chi connectivity index (χ1n) is 5.53. The summed E-state index contributed by atoms with van der Waals surface area (Å²) in [5.74, 6) is 0. The van der Waals surface area contributed by atoms with Gasteiger partial charge in [-0.15, -0.1) is 0 Å². The highest BCUT2D eigenvalue weighted by Gasteiger charge is 2.08. The average molecular weight is 274 g/mol. The number of fused-ring (bicyclic) bond motifs is 1. The zero-order chi connectivity index (χ0) is 13.4. The fraction of sp³-hybridized carbons (Fsp3) is 0. The standard InChI is InChI=1S/C13H8ClN3O2/c14-11-6-5-8(7-15-11)17-10-4-2-1-3-9(10)12(18)16-13(17)19/h1-7H,(H,16,18,19). The van der Waals surface area contributed by atoms with Gasteiger partial charge in [0.05, 0.1) is 22.8 Å². The van der Waals surface area contributed by atoms with E-state index in [4.69, 9.17) is 11.6 Å². The van der Waals surface area contributed by atoms with Crippen molar-refractivity contribution in [1.82, 2.24) is 14.5 Å². The first-order valence-corrected chi connectivity index (χ1v) is 5.90. The van der Waals surface area contributed by atoms with Gasteiger partial charge in [0.15, 0.2) is 0 Å². The summed E-state index contributed by atoms with van der Waals surface area (Å²) in [6, 6.07) is 10.1. The van der Waals surface area contributed by atoms with Gasteiger partial charge in [-0.1, -0.05) is 23.7 Å². The molecule has 0 radical (unpaired) electrons. The van der Waals surface area contributed by atoms with Crippen LogP contribution in [0.5, 0.6) is 0 Å². The monoisotopic (exact) mass is 273 g/mol. The van der Waals surface area contributed by atoms with Gasteiger partial charge in [-0.3, -0.25) is 14.3 Å². The van der Waals surface area contributed by atoms with Crippen molar-refractivity contribution in [2.24, 2.45) is 0 Å². The highest BCUT2D eigenvalue weighted by molar-refractivity contribution is 6.29. The maximum atomic E-state index is 12.0. The van der Waals surface area contributed by atoms with Crippen molar-refractivity contribution >= 4 is 22.5 Å². The van der Waals surface area contributed by atoms with Crippen LogP contribution in [0.25, 0.3) is 16.6 Å². The summed E-state index contributed by atoms with van der Waals surface area (Å²) in [5, 5.41) is 0.780. The Balaban J connectivity index is 2.44. The van der Waals surface area contributed by atoms with E-state index < -0.39 is 11.2 Å². The largest absolute Gasteiger partial charge is 0.333 e. The van der Waals surface area contributed by atoms with Crippen LogP contribution in [0.2, 0.25) is 5.15 Å². The van der Waals surface area contributed by atoms with Gasteiger partial charge >= 0.3 is 5.69 Å². The van der Waals surface area contributed by atoms with Crippen LogP contribution >= 0.6 is 11.6 Å². The van der Waals surface area contributed by atoms with Crippen LogP contribution in [-0.4, -0.2) is 14.5 Å². The summed E-state index contributed by atoms with van der Waals surface area (Å²) >= 11 is 5.73. The molecule has 1 N–H and O–H groups in total. The van der Waals surface area contributed by atoms with Crippen LogP contribution in [0.4, 0.5) is 0 Å². The molecule has 0 fully saturated rings. The van der Waals surface area contributed by atoms with E-state index in [1.165, 1.54) is 10.8 Å². The molecule has 2 aromatic heterocycles. The van der Waals surface area contributed by atoms with E-state index in [9.17, 15) is 9.59 Å². The smallest absolute Gasteiger partial charge is 0.273 e. The van der Waals surface area contributed by atoms with E-state index in [0.717, 1.165) is 0 Å². The van der Waals surface area contributed by atoms with E-state index >= 15 is 0 Å². The molecule has 5 nitrogen and oxygen atoms in total. The zero-order valence-corrected chi connectivity index (χ0v) is 10.4. The Labute approximate surface area is 112 Å². The Morgan fingerprint density at radius 2 is 1.89 bits per heavy atom. The van der Waals surface area contributed by atoms with Gasteiger partial charge in [-0.2, -0.15) is 0 Å². The number of halogens is 1. The Morgan fingerprint density at radius 3 is 2.63 bits per heavy atom. The predicted molar refractivity (Wildman–Crippen MR) is 73.0 cm³/mol. The van der Waals surface area contributed by atoms with Gasteiger partial charge in [0.25, 0.3) is 5.56 Å². The third-order valence-corrected chi connectivity index (χ3v) is 3.01. The van der Waals surface area contributed by atoms with Crippen molar-refractivity contribution in [3.63, 3.8) is 0 Å². The van der Waals surface area contributed by atoms with E-state index in [1.54, 1.807) is 36.4 Å². The van der Waals surface area contributed by atoms with Crippen molar-refractivity contribution in [2.75, 3.05) is 0 Å². The minimum absolute atomic E-state index is 0.338. The maximum absolute atomic E-state index is 12.0. The molecular weight excluding hydrogens is 266 g/mol. The minimum Gasteiger partial charge on any atom is -0.273 e. The molecule has 0 aliphatic carbocycles. The first kappa shape index (κ1) is 11.7. The van der Waals surface area contributed by atoms with Crippen LogP contribution in [0.3, 0.4) is 0 Å². The number of benzene rings is 1. The molecule has 0 saturated heterocycles. The summed E-state index contributed by atoms with van der Waals surface area (Å²) < 4.78 is 1.39. The fourth-order valence-electron chi connectivity index (χ4n) is 1.95. The van der Waals surface area contributed by atoms with Gasteiger partial charge in [0.1, 0.15) is 5.15 Å². The zero-order valence-electron chi connectivity index (χ0n) is 9.63. The minimum atomic E-state index is -0.507. The van der Waals surface area contributed by atoms with E-state index in [0.29, 0.717) is 21.7 Å². The SMILES string of the molecule is O=c1[nH]c(=O)n(-c2ccc(Cl)nc2)c2ccccc12. The second kappa shape index (κ2) is 4.37. The molecule has 94 valence electrons. The van der Waals surface area contributed by atoms with E-state index in [2.05, 4.69) is 9.97 Å². The van der Waals surface area contributed by atoms with E-state index in [-0.39, 0.29) is 0 Å². The molecule has 2 heterocycles. The molecule has 0 bridgehead atoms. The number of rotatable bonds is 1. The number of nitrogens with zero attached hydrogens (tertiary/aromatic N) is 2. The highest BCUT2D eigenvalue weighted by atomic mass is 35.5. The molecule has 0 spiro atoms. The number of aromatic amines is 1. The molecule has 6 heteroatoms. The summed E-state index contributed by atoms with van der Waals surface area (Å²) in [6.07, 6.45) is 1.48. The topological polar surface area (TPSA) is 67.8 Å². The normalized spacial score (nSPS) is 10.8. The molecule has 19 heavy (non-hydrogen) atoms. The van der Waals surface area contributed by atoms with Crippen LogP contribution in [0, 0.1) is 0 Å². The Hall–Kier alpha value is -2.40. The fourth-order valence-corrected chi connectivity index (χ4v) is 2.06. The lowest BCUT2D eigenvalue weighted by Crippen LogP contribution is -2.29. The lowest BCUT2D eigenvalue weighted by molar-refractivity contribution is 0.936. The Morgan fingerprint density at radius 1 is 1.11 bits per heavy atom. The molecule has 0 unspecified atom stereocenters. The third kappa shape index (κ3) is 1.94. The summed E-state index contributed by atoms with van der Waals surface area (Å²) in [6.45, 7) is 0. The molecule has 0 atom stereocenters. The molecule has 1 aromatic carbocycles. The van der Waals surface area contributed by atoms with Crippen LogP contribution in [-0.2, 0) is 0 Å². The molecule has 3 aromatic rings. The van der Waals surface area contributed by atoms with Crippen molar-refractivity contribution in [3.8, 4) is 5.69 Å². The number of nitrogens with one attached hydrogen (secondary N) is 1. The van der Waals surface area contributed by atoms with Crippen LogP contribution < -0.4 is 11.2 Å². The third-order valence-electron chi connectivity index (χ3n) is 2.78. The lowest BCUT2D eigenvalue weighted by Gasteiger charge is -2.08. The summed E-state index contributed by atoms with van der Waals surface area (Å²) in [7, 11) is 0. The van der Waals surface area contributed by atoms with Crippen LogP contribution in [0.15, 0.2) is 52.2 Å². The quantitative estimate of drug-likeness (QED) is 0.687. The highest BCUT2D eigenvalue weighted by Crippen LogP contribution is 2.13. The summed E-state index contributed by atoms with van der Waals surface area (Å²) in [4.78, 5) is 29.9. The van der Waals surface area contributed by atoms with Gasteiger partial charge < -0.3 is 0 Å². The number of pyridine rings is 1. The number of para-hydroxylation sites is 1. The van der Waals surface area contributed by atoms with Gasteiger partial charge in [-0.25, -0.2) is 9.78 Å². The number of hydrogen-bond donors (Lipinski definition) is 1. The number of hydrogen-bond acceptors (Lipinski definition) is 3. The maximum Gasteiger partial charge on any atom is 0.333 e. The second-order valence-corrected chi connectivity index (χ2v) is 4.34. The molecular formula is C13H8ClN3O2. The first-order chi connectivity index (χ1) is 9.16. The number of H-pyrrole nitrogens is 1. The second-order valence-electron chi connectivity index (χ2n) is 3.95. The molecule has 0 saturated carbocycles. The van der Waals surface area contributed by atoms with E-state index in [1.807, 2.05) is 0 Å². The van der Waals surface area contributed by atoms with Crippen molar-refractivity contribution in [3.05, 3.63) is 68.6 Å². The van der Waals surface area contributed by atoms with Crippen molar-refractivity contribution in [2.45, 2.75) is 0 Å². The van der Waals surface area contributed by atoms with Gasteiger partial charge in [-0.05, 0) is 24.3 Å². The molecule has 0 amide bonds. The molecule has 3 rings (SSSR count). The lowest BCUT2D eigenvalue weighted by atomic mass is 10.2. The predicted octanol–water partition coefficient (Wildman–Crippen LogP) is 1.73. The number of aromatic nitrogens is 3. The van der Waals surface area contributed by atoms with Gasteiger partial charge in [0, 0.05) is 0 Å². The summed E-state index contributed by atoms with van der Waals surface area (Å²) in [5.41, 5.74) is 0.161. The average Bonchev–Trinajstić information content (AvgIpc) is 2.41. The Bertz CT molecular complexity index is 865. The van der Waals surface area contributed by atoms with Gasteiger partial charge in [0.2, 0.25) is 0 Å².